The first-order chi connectivity index (χ1) is 20.8. The van der Waals surface area contributed by atoms with Gasteiger partial charge in [0.2, 0.25) is 0 Å². The SMILES string of the molecule is COc1ccc([C@@H]2CC(=O)C3=C(C2)NC(C)=C(C(=O)OCc2ccccc2)[C@@H]3c2cc(Br)c(OC)c(OC)c2)cc1OC. The lowest BCUT2D eigenvalue weighted by atomic mass is 9.71. The van der Waals surface area contributed by atoms with Crippen LogP contribution in [0.2, 0.25) is 0 Å². The van der Waals surface area contributed by atoms with Crippen molar-refractivity contribution >= 4 is 27.7 Å². The third-order valence-electron chi connectivity index (χ3n) is 7.93. The molecule has 9 heteroatoms. The molecule has 3 aromatic carbocycles. The number of hydrogen-bond donors (Lipinski definition) is 1. The molecule has 224 valence electrons. The number of carbonyl (C=O) groups excluding carboxylic acids is 2. The highest BCUT2D eigenvalue weighted by Gasteiger charge is 2.42. The van der Waals surface area contributed by atoms with Gasteiger partial charge in [0.15, 0.2) is 28.8 Å². The maximum atomic E-state index is 14.1. The molecule has 0 radical (unpaired) electrons. The average molecular weight is 649 g/mol. The molecule has 5 rings (SSSR count). The topological polar surface area (TPSA) is 92.3 Å². The van der Waals surface area contributed by atoms with Gasteiger partial charge in [0.1, 0.15) is 6.61 Å². The smallest absolute Gasteiger partial charge is 0.337 e. The lowest BCUT2D eigenvalue weighted by molar-refractivity contribution is -0.140. The summed E-state index contributed by atoms with van der Waals surface area (Å²) in [5, 5.41) is 3.41. The molecule has 1 aliphatic heterocycles. The molecule has 2 atom stereocenters. The van der Waals surface area contributed by atoms with E-state index in [1.807, 2.05) is 67.6 Å². The standard InChI is InChI=1S/C34H34BrNO7/c1-19-30(34(38)43-18-20-9-7-6-8-10-20)31(23-13-24(35)33(42-5)29(17-23)41-4)32-25(36-19)14-22(15-26(32)37)21-11-12-27(39-2)28(16-21)40-3/h6-13,16-17,22,31,36H,14-15,18H2,1-5H3/t22-,31-/m0/s1. The first kappa shape index (κ1) is 30.2. The molecule has 0 saturated carbocycles. The summed E-state index contributed by atoms with van der Waals surface area (Å²) in [6.07, 6.45) is 0.845. The molecule has 0 saturated heterocycles. The average Bonchev–Trinajstić information content (AvgIpc) is 3.02. The fourth-order valence-corrected chi connectivity index (χ4v) is 6.51. The monoisotopic (exact) mass is 647 g/mol. The van der Waals surface area contributed by atoms with Gasteiger partial charge in [0.05, 0.1) is 38.5 Å². The molecule has 1 heterocycles. The van der Waals surface area contributed by atoms with Gasteiger partial charge in [0, 0.05) is 29.3 Å². The first-order valence-electron chi connectivity index (χ1n) is 13.9. The van der Waals surface area contributed by atoms with Crippen molar-refractivity contribution in [3.8, 4) is 23.0 Å². The van der Waals surface area contributed by atoms with Crippen molar-refractivity contribution in [1.82, 2.24) is 5.32 Å². The zero-order valence-corrected chi connectivity index (χ0v) is 26.4. The van der Waals surface area contributed by atoms with E-state index in [2.05, 4.69) is 21.2 Å². The minimum Gasteiger partial charge on any atom is -0.493 e. The Balaban J connectivity index is 1.57. The molecular formula is C34H34BrNO7. The molecule has 3 aromatic rings. The Morgan fingerprint density at radius 3 is 2.23 bits per heavy atom. The third-order valence-corrected chi connectivity index (χ3v) is 8.52. The number of hydrogen-bond acceptors (Lipinski definition) is 8. The van der Waals surface area contributed by atoms with Gasteiger partial charge in [-0.25, -0.2) is 4.79 Å². The summed E-state index contributed by atoms with van der Waals surface area (Å²) in [5.41, 5.74) is 4.90. The number of carbonyl (C=O) groups is 2. The fraction of sp³-hybridized carbons (Fsp3) is 0.294. The maximum absolute atomic E-state index is 14.1. The van der Waals surface area contributed by atoms with Crippen LogP contribution in [-0.2, 0) is 20.9 Å². The predicted octanol–water partition coefficient (Wildman–Crippen LogP) is 6.59. The Bertz CT molecular complexity index is 1610. The molecule has 0 aromatic heterocycles. The van der Waals surface area contributed by atoms with Crippen LogP contribution in [0, 0.1) is 0 Å². The lowest BCUT2D eigenvalue weighted by Gasteiger charge is -2.37. The van der Waals surface area contributed by atoms with Crippen LogP contribution in [0.15, 0.2) is 87.7 Å². The van der Waals surface area contributed by atoms with Crippen LogP contribution in [0.25, 0.3) is 0 Å². The number of ether oxygens (including phenoxy) is 5. The van der Waals surface area contributed by atoms with Gasteiger partial charge in [-0.15, -0.1) is 0 Å². The molecule has 8 nitrogen and oxygen atoms in total. The summed E-state index contributed by atoms with van der Waals surface area (Å²) in [6.45, 7) is 1.95. The van der Waals surface area contributed by atoms with Gasteiger partial charge in [-0.2, -0.15) is 0 Å². The minimum atomic E-state index is -0.672. The zero-order chi connectivity index (χ0) is 30.7. The van der Waals surface area contributed by atoms with Gasteiger partial charge in [-0.1, -0.05) is 36.4 Å². The van der Waals surface area contributed by atoms with Crippen LogP contribution >= 0.6 is 15.9 Å². The van der Waals surface area contributed by atoms with E-state index in [1.54, 1.807) is 28.4 Å². The quantitative estimate of drug-likeness (QED) is 0.260. The number of esters is 1. The molecule has 0 amide bonds. The summed E-state index contributed by atoms with van der Waals surface area (Å²) in [6, 6.07) is 18.9. The van der Waals surface area contributed by atoms with E-state index in [4.69, 9.17) is 23.7 Å². The van der Waals surface area contributed by atoms with E-state index in [-0.39, 0.29) is 24.7 Å². The summed E-state index contributed by atoms with van der Waals surface area (Å²) in [4.78, 5) is 27.9. The van der Waals surface area contributed by atoms with Gasteiger partial charge in [-0.3, -0.25) is 4.79 Å². The van der Waals surface area contributed by atoms with E-state index < -0.39 is 11.9 Å². The van der Waals surface area contributed by atoms with E-state index in [0.29, 0.717) is 56.3 Å². The van der Waals surface area contributed by atoms with Crippen molar-refractivity contribution in [3.63, 3.8) is 0 Å². The van der Waals surface area contributed by atoms with E-state index in [9.17, 15) is 9.59 Å². The number of halogens is 1. The van der Waals surface area contributed by atoms with Gasteiger partial charge in [-0.05, 0) is 76.1 Å². The molecule has 0 bridgehead atoms. The Morgan fingerprint density at radius 1 is 0.860 bits per heavy atom. The van der Waals surface area contributed by atoms with Crippen LogP contribution < -0.4 is 24.3 Å². The summed E-state index contributed by atoms with van der Waals surface area (Å²) < 4.78 is 28.5. The molecule has 43 heavy (non-hydrogen) atoms. The normalized spacial score (nSPS) is 18.0. The summed E-state index contributed by atoms with van der Waals surface area (Å²) >= 11 is 3.59. The highest BCUT2D eigenvalue weighted by Crippen LogP contribution is 2.49. The van der Waals surface area contributed by atoms with Crippen molar-refractivity contribution in [2.75, 3.05) is 28.4 Å². The molecule has 0 fully saturated rings. The molecule has 1 N–H and O–H groups in total. The molecule has 1 aliphatic carbocycles. The highest BCUT2D eigenvalue weighted by molar-refractivity contribution is 9.10. The van der Waals surface area contributed by atoms with E-state index in [0.717, 1.165) is 16.8 Å². The van der Waals surface area contributed by atoms with Crippen LogP contribution in [0.4, 0.5) is 0 Å². The van der Waals surface area contributed by atoms with Crippen molar-refractivity contribution < 1.29 is 33.3 Å². The Morgan fingerprint density at radius 2 is 1.56 bits per heavy atom. The highest BCUT2D eigenvalue weighted by atomic mass is 79.9. The Hall–Kier alpha value is -4.24. The maximum Gasteiger partial charge on any atom is 0.337 e. The Kier molecular flexibility index (Phi) is 9.11. The molecule has 0 unspecified atom stereocenters. The molecule has 0 spiro atoms. The van der Waals surface area contributed by atoms with Crippen LogP contribution in [-0.4, -0.2) is 40.2 Å². The van der Waals surface area contributed by atoms with Crippen molar-refractivity contribution in [2.24, 2.45) is 0 Å². The number of ketones is 1. The van der Waals surface area contributed by atoms with Crippen LogP contribution in [0.5, 0.6) is 23.0 Å². The first-order valence-corrected chi connectivity index (χ1v) is 14.7. The number of dihydropyridines is 1. The van der Waals surface area contributed by atoms with Crippen LogP contribution in [0.3, 0.4) is 0 Å². The second-order valence-corrected chi connectivity index (χ2v) is 11.3. The lowest BCUT2D eigenvalue weighted by Crippen LogP contribution is -2.36. The Labute approximate surface area is 259 Å². The molecule has 2 aliphatic rings. The van der Waals surface area contributed by atoms with Crippen molar-refractivity contribution in [1.29, 1.82) is 0 Å². The van der Waals surface area contributed by atoms with E-state index in [1.165, 1.54) is 0 Å². The second-order valence-electron chi connectivity index (χ2n) is 10.4. The third kappa shape index (κ3) is 5.99. The van der Waals surface area contributed by atoms with Gasteiger partial charge >= 0.3 is 5.97 Å². The largest absolute Gasteiger partial charge is 0.493 e. The summed E-state index contributed by atoms with van der Waals surface area (Å²) in [7, 11) is 6.30. The van der Waals surface area contributed by atoms with Gasteiger partial charge < -0.3 is 29.0 Å². The zero-order valence-electron chi connectivity index (χ0n) is 24.8. The number of methoxy groups -OCH3 is 4. The number of benzene rings is 3. The number of nitrogens with one attached hydrogen (secondary N) is 1. The fourth-order valence-electron chi connectivity index (χ4n) is 5.89. The van der Waals surface area contributed by atoms with Crippen molar-refractivity contribution in [3.05, 3.63) is 104 Å². The second kappa shape index (κ2) is 13.0. The number of allylic oxidation sites excluding steroid dienone is 3. The van der Waals surface area contributed by atoms with Gasteiger partial charge in [0.25, 0.3) is 0 Å². The number of Topliss-reactive ketones (excluding diaryl/α,β-unsaturated/α-hetero) is 1. The van der Waals surface area contributed by atoms with E-state index >= 15 is 0 Å². The van der Waals surface area contributed by atoms with Crippen molar-refractivity contribution in [2.45, 2.75) is 38.2 Å². The molecular weight excluding hydrogens is 614 g/mol. The van der Waals surface area contributed by atoms with Crippen LogP contribution in [0.1, 0.15) is 48.3 Å². The summed E-state index contributed by atoms with van der Waals surface area (Å²) in [5.74, 6) is 0.930. The predicted molar refractivity (Wildman–Crippen MR) is 166 cm³/mol. The number of rotatable bonds is 9. The minimum absolute atomic E-state index is 0.0506.